The molecular formula is C14H18N6. The van der Waals surface area contributed by atoms with Gasteiger partial charge in [-0.25, -0.2) is 9.97 Å². The third-order valence-electron chi connectivity index (χ3n) is 3.25. The zero-order valence-electron chi connectivity index (χ0n) is 11.5. The van der Waals surface area contributed by atoms with Gasteiger partial charge in [-0.3, -0.25) is 4.98 Å². The number of nitrogens with two attached hydrogens (primary N) is 1. The second kappa shape index (κ2) is 5.42. The standard InChI is InChI=1S/C14H18N6/c1-2-6-20-13-3-5-16-8-11(13)18-14(20)12-9-19(7-4-15)10-17-12/h3,5,8-10H,2,4,6-7,15H2,1H3. The van der Waals surface area contributed by atoms with E-state index in [9.17, 15) is 0 Å². The van der Waals surface area contributed by atoms with Gasteiger partial charge in [0.1, 0.15) is 11.2 Å². The van der Waals surface area contributed by atoms with E-state index in [-0.39, 0.29) is 0 Å². The molecule has 6 heteroatoms. The summed E-state index contributed by atoms with van der Waals surface area (Å²) in [6.45, 7) is 4.44. The first kappa shape index (κ1) is 12.8. The van der Waals surface area contributed by atoms with Crippen molar-refractivity contribution in [2.24, 2.45) is 5.73 Å². The molecule has 6 nitrogen and oxygen atoms in total. The zero-order valence-corrected chi connectivity index (χ0v) is 11.5. The summed E-state index contributed by atoms with van der Waals surface area (Å²) in [5.41, 5.74) is 8.46. The Kier molecular flexibility index (Phi) is 3.47. The van der Waals surface area contributed by atoms with Crippen LogP contribution in [0.25, 0.3) is 22.6 Å². The molecule has 0 aliphatic carbocycles. The number of hydrogen-bond donors (Lipinski definition) is 1. The Morgan fingerprint density at radius 2 is 2.20 bits per heavy atom. The number of rotatable bonds is 5. The first-order chi connectivity index (χ1) is 9.83. The van der Waals surface area contributed by atoms with E-state index in [2.05, 4.69) is 26.4 Å². The van der Waals surface area contributed by atoms with E-state index in [1.807, 2.05) is 16.8 Å². The summed E-state index contributed by atoms with van der Waals surface area (Å²) >= 11 is 0. The van der Waals surface area contributed by atoms with Crippen LogP contribution in [0.15, 0.2) is 31.0 Å². The number of fused-ring (bicyclic) bond motifs is 1. The Labute approximate surface area is 117 Å². The van der Waals surface area contributed by atoms with Crippen molar-refractivity contribution in [2.45, 2.75) is 26.4 Å². The van der Waals surface area contributed by atoms with Crippen LogP contribution < -0.4 is 5.73 Å². The fourth-order valence-electron chi connectivity index (χ4n) is 2.37. The van der Waals surface area contributed by atoms with Crippen LogP contribution in [0.3, 0.4) is 0 Å². The Balaban J connectivity index is 2.11. The van der Waals surface area contributed by atoms with E-state index >= 15 is 0 Å². The molecule has 104 valence electrons. The first-order valence-electron chi connectivity index (χ1n) is 6.86. The van der Waals surface area contributed by atoms with Gasteiger partial charge in [0.05, 0.1) is 18.0 Å². The monoisotopic (exact) mass is 270 g/mol. The fourth-order valence-corrected chi connectivity index (χ4v) is 2.37. The largest absolute Gasteiger partial charge is 0.335 e. The van der Waals surface area contributed by atoms with Gasteiger partial charge in [-0.05, 0) is 12.5 Å². The maximum atomic E-state index is 5.57. The molecule has 0 fully saturated rings. The molecule has 0 radical (unpaired) electrons. The van der Waals surface area contributed by atoms with E-state index < -0.39 is 0 Å². The highest BCUT2D eigenvalue weighted by molar-refractivity contribution is 5.78. The molecule has 3 aromatic heterocycles. The molecule has 0 unspecified atom stereocenters. The van der Waals surface area contributed by atoms with Crippen molar-refractivity contribution >= 4 is 11.0 Å². The number of aryl methyl sites for hydroxylation is 1. The summed E-state index contributed by atoms with van der Waals surface area (Å²) in [6, 6.07) is 2.00. The SMILES string of the molecule is CCCn1c(-c2cn(CCN)cn2)nc2cnccc21. The average Bonchev–Trinajstić information content (AvgIpc) is 3.05. The predicted octanol–water partition coefficient (Wildman–Crippen LogP) is 1.66. The number of pyridine rings is 1. The summed E-state index contributed by atoms with van der Waals surface area (Å²) < 4.78 is 4.19. The number of hydrogen-bond acceptors (Lipinski definition) is 4. The van der Waals surface area contributed by atoms with Crippen molar-refractivity contribution in [3.05, 3.63) is 31.0 Å². The summed E-state index contributed by atoms with van der Waals surface area (Å²) in [7, 11) is 0. The van der Waals surface area contributed by atoms with Crippen LogP contribution >= 0.6 is 0 Å². The van der Waals surface area contributed by atoms with Crippen LogP contribution in [0, 0.1) is 0 Å². The predicted molar refractivity (Wildman–Crippen MR) is 78.1 cm³/mol. The number of imidazole rings is 2. The summed E-state index contributed by atoms with van der Waals surface area (Å²) in [5.74, 6) is 0.894. The summed E-state index contributed by atoms with van der Waals surface area (Å²) in [4.78, 5) is 13.3. The van der Waals surface area contributed by atoms with Gasteiger partial charge in [-0.2, -0.15) is 0 Å². The Morgan fingerprint density at radius 3 is 3.00 bits per heavy atom. The molecule has 0 atom stereocenters. The molecule has 3 heterocycles. The normalized spacial score (nSPS) is 11.3. The molecule has 0 aliphatic rings. The minimum atomic E-state index is 0.602. The average molecular weight is 270 g/mol. The van der Waals surface area contributed by atoms with Crippen molar-refractivity contribution < 1.29 is 0 Å². The van der Waals surface area contributed by atoms with Gasteiger partial charge in [0, 0.05) is 32.0 Å². The van der Waals surface area contributed by atoms with Gasteiger partial charge >= 0.3 is 0 Å². The van der Waals surface area contributed by atoms with E-state index in [0.717, 1.165) is 42.1 Å². The Morgan fingerprint density at radius 1 is 1.30 bits per heavy atom. The molecular weight excluding hydrogens is 252 g/mol. The van der Waals surface area contributed by atoms with Crippen LogP contribution in [0.4, 0.5) is 0 Å². The van der Waals surface area contributed by atoms with E-state index in [0.29, 0.717) is 6.54 Å². The van der Waals surface area contributed by atoms with Gasteiger partial charge < -0.3 is 14.9 Å². The van der Waals surface area contributed by atoms with E-state index in [1.165, 1.54) is 0 Å². The minimum Gasteiger partial charge on any atom is -0.335 e. The van der Waals surface area contributed by atoms with Gasteiger partial charge in [0.25, 0.3) is 0 Å². The molecule has 0 aliphatic heterocycles. The zero-order chi connectivity index (χ0) is 13.9. The maximum Gasteiger partial charge on any atom is 0.161 e. The van der Waals surface area contributed by atoms with Crippen LogP contribution in [0.5, 0.6) is 0 Å². The van der Waals surface area contributed by atoms with Crippen molar-refractivity contribution in [3.8, 4) is 11.5 Å². The Bertz CT molecular complexity index is 711. The van der Waals surface area contributed by atoms with Gasteiger partial charge in [-0.1, -0.05) is 6.92 Å². The highest BCUT2D eigenvalue weighted by Gasteiger charge is 2.14. The maximum absolute atomic E-state index is 5.57. The minimum absolute atomic E-state index is 0.602. The summed E-state index contributed by atoms with van der Waals surface area (Å²) in [6.07, 6.45) is 8.43. The second-order valence-corrected chi connectivity index (χ2v) is 4.74. The molecule has 0 saturated heterocycles. The molecule has 3 aromatic rings. The van der Waals surface area contributed by atoms with Crippen molar-refractivity contribution in [1.29, 1.82) is 0 Å². The molecule has 0 saturated carbocycles. The fraction of sp³-hybridized carbons (Fsp3) is 0.357. The number of nitrogens with zero attached hydrogens (tertiary/aromatic N) is 5. The van der Waals surface area contributed by atoms with Crippen LogP contribution in [-0.2, 0) is 13.1 Å². The smallest absolute Gasteiger partial charge is 0.161 e. The van der Waals surface area contributed by atoms with Gasteiger partial charge in [-0.15, -0.1) is 0 Å². The van der Waals surface area contributed by atoms with Crippen LogP contribution in [-0.4, -0.2) is 30.6 Å². The second-order valence-electron chi connectivity index (χ2n) is 4.74. The quantitative estimate of drug-likeness (QED) is 0.765. The number of aromatic nitrogens is 5. The lowest BCUT2D eigenvalue weighted by Crippen LogP contribution is -2.07. The first-order valence-corrected chi connectivity index (χ1v) is 6.86. The highest BCUT2D eigenvalue weighted by Crippen LogP contribution is 2.23. The molecule has 3 rings (SSSR count). The van der Waals surface area contributed by atoms with Crippen LogP contribution in [0.1, 0.15) is 13.3 Å². The van der Waals surface area contributed by atoms with Gasteiger partial charge in [0.15, 0.2) is 5.82 Å². The lowest BCUT2D eigenvalue weighted by molar-refractivity contribution is 0.700. The molecule has 2 N–H and O–H groups in total. The lowest BCUT2D eigenvalue weighted by Gasteiger charge is -2.05. The van der Waals surface area contributed by atoms with Crippen molar-refractivity contribution in [3.63, 3.8) is 0 Å². The van der Waals surface area contributed by atoms with Crippen molar-refractivity contribution in [1.82, 2.24) is 24.1 Å². The topological polar surface area (TPSA) is 74.5 Å². The Hall–Kier alpha value is -2.21. The van der Waals surface area contributed by atoms with E-state index in [4.69, 9.17) is 5.73 Å². The van der Waals surface area contributed by atoms with Crippen molar-refractivity contribution in [2.75, 3.05) is 6.54 Å². The highest BCUT2D eigenvalue weighted by atomic mass is 15.1. The lowest BCUT2D eigenvalue weighted by atomic mass is 10.3. The molecule has 0 amide bonds. The van der Waals surface area contributed by atoms with E-state index in [1.54, 1.807) is 18.7 Å². The molecule has 20 heavy (non-hydrogen) atoms. The summed E-state index contributed by atoms with van der Waals surface area (Å²) in [5, 5.41) is 0. The molecule has 0 spiro atoms. The third-order valence-corrected chi connectivity index (χ3v) is 3.25. The van der Waals surface area contributed by atoms with Gasteiger partial charge in [0.2, 0.25) is 0 Å². The third kappa shape index (κ3) is 2.18. The molecule has 0 bridgehead atoms. The molecule has 0 aromatic carbocycles. The van der Waals surface area contributed by atoms with Crippen LogP contribution in [0.2, 0.25) is 0 Å².